The second kappa shape index (κ2) is 8.35. The summed E-state index contributed by atoms with van der Waals surface area (Å²) >= 11 is 6.05. The number of aryl methyl sites for hydroxylation is 2. The van der Waals surface area contributed by atoms with E-state index in [4.69, 9.17) is 11.6 Å². The van der Waals surface area contributed by atoms with E-state index < -0.39 is 0 Å². The van der Waals surface area contributed by atoms with E-state index in [-0.39, 0.29) is 23.6 Å². The Kier molecular flexibility index (Phi) is 5.61. The maximum absolute atomic E-state index is 13.2. The minimum atomic E-state index is -0.278. The Labute approximate surface area is 184 Å². The number of nitrogens with one attached hydrogen (secondary N) is 1. The van der Waals surface area contributed by atoms with E-state index in [2.05, 4.69) is 20.3 Å². The predicted molar refractivity (Wildman–Crippen MR) is 119 cm³/mol. The number of carbonyl (C=O) groups is 1. The fourth-order valence-corrected chi connectivity index (χ4v) is 3.92. The van der Waals surface area contributed by atoms with Crippen LogP contribution < -0.4 is 5.32 Å². The summed E-state index contributed by atoms with van der Waals surface area (Å²) in [6.07, 6.45) is 1.57. The molecule has 1 aromatic carbocycles. The molecule has 0 atom stereocenters. The molecular formula is C23H22ClN5O2. The van der Waals surface area contributed by atoms with E-state index in [0.29, 0.717) is 28.7 Å². The first-order valence-electron chi connectivity index (χ1n) is 9.84. The van der Waals surface area contributed by atoms with E-state index in [1.54, 1.807) is 6.20 Å². The molecule has 0 saturated carbocycles. The van der Waals surface area contributed by atoms with Crippen LogP contribution in [0.5, 0.6) is 5.88 Å². The molecule has 0 aliphatic carbocycles. The summed E-state index contributed by atoms with van der Waals surface area (Å²) in [5.74, 6) is -0.351. The van der Waals surface area contributed by atoms with E-state index in [1.165, 1.54) is 0 Å². The molecule has 0 saturated heterocycles. The van der Waals surface area contributed by atoms with Gasteiger partial charge >= 0.3 is 0 Å². The van der Waals surface area contributed by atoms with Crippen LogP contribution in [-0.4, -0.2) is 30.5 Å². The third-order valence-electron chi connectivity index (χ3n) is 5.32. The predicted octanol–water partition coefficient (Wildman–Crippen LogP) is 4.09. The molecule has 2 N–H and O–H groups in total. The van der Waals surface area contributed by atoms with Gasteiger partial charge in [-0.2, -0.15) is 4.98 Å². The molecule has 0 radical (unpaired) electrons. The van der Waals surface area contributed by atoms with Gasteiger partial charge in [0.2, 0.25) is 11.2 Å². The van der Waals surface area contributed by atoms with Crippen molar-refractivity contribution in [3.8, 4) is 5.88 Å². The molecule has 8 heteroatoms. The highest BCUT2D eigenvalue weighted by atomic mass is 35.5. The Balaban J connectivity index is 1.70. The Morgan fingerprint density at radius 2 is 1.90 bits per heavy atom. The molecule has 1 amide bonds. The largest absolute Gasteiger partial charge is 0.493 e. The fraction of sp³-hybridized carbons (Fsp3) is 0.217. The van der Waals surface area contributed by atoms with E-state index in [0.717, 1.165) is 22.5 Å². The lowest BCUT2D eigenvalue weighted by molar-refractivity contribution is 0.0951. The van der Waals surface area contributed by atoms with Crippen molar-refractivity contribution in [1.82, 2.24) is 24.8 Å². The number of hydrogen-bond donors (Lipinski definition) is 2. The second-order valence-corrected chi connectivity index (χ2v) is 7.81. The number of fused-ring (bicyclic) bond motifs is 1. The highest BCUT2D eigenvalue weighted by molar-refractivity contribution is 6.28. The standard InChI is InChI=1S/C23H22ClN5O2/c1-13-9-14(2)27-21(30)17(13)10-25-22(31)19-15(3)29(12-16-7-5-4-6-8-16)20-18(19)11-26-23(24)28-20/h4-9,11H,10,12H2,1-3H3,(H,25,31)(H,27,30). The van der Waals surface area contributed by atoms with Gasteiger partial charge in [0.15, 0.2) is 0 Å². The van der Waals surface area contributed by atoms with Crippen molar-refractivity contribution in [2.75, 3.05) is 0 Å². The maximum Gasteiger partial charge on any atom is 0.254 e. The number of rotatable bonds is 5. The molecule has 0 aliphatic rings. The van der Waals surface area contributed by atoms with Gasteiger partial charge in [-0.15, -0.1) is 0 Å². The number of pyridine rings is 1. The van der Waals surface area contributed by atoms with E-state index in [9.17, 15) is 9.90 Å². The topological polar surface area (TPSA) is 92.9 Å². The molecule has 31 heavy (non-hydrogen) atoms. The van der Waals surface area contributed by atoms with Gasteiger partial charge in [0.1, 0.15) is 5.65 Å². The highest BCUT2D eigenvalue weighted by Gasteiger charge is 2.22. The SMILES string of the molecule is Cc1cc(C)c(CNC(=O)c2c(C)n(Cc3ccccc3)c3nc(Cl)ncc23)c(O)n1. The summed E-state index contributed by atoms with van der Waals surface area (Å²) in [7, 11) is 0. The summed E-state index contributed by atoms with van der Waals surface area (Å²) in [5, 5.41) is 13.8. The Hall–Kier alpha value is -3.45. The lowest BCUT2D eigenvalue weighted by Crippen LogP contribution is -2.24. The first-order valence-corrected chi connectivity index (χ1v) is 10.2. The first-order chi connectivity index (χ1) is 14.8. The van der Waals surface area contributed by atoms with Crippen molar-refractivity contribution in [2.45, 2.75) is 33.9 Å². The Morgan fingerprint density at radius 1 is 1.16 bits per heavy atom. The molecule has 0 bridgehead atoms. The van der Waals surface area contributed by atoms with Crippen LogP contribution in [-0.2, 0) is 13.1 Å². The lowest BCUT2D eigenvalue weighted by Gasteiger charge is -2.11. The van der Waals surface area contributed by atoms with Crippen LogP contribution in [0.15, 0.2) is 42.6 Å². The molecule has 0 fully saturated rings. The molecule has 4 aromatic rings. The minimum absolute atomic E-state index is 0.0730. The number of amides is 1. The quantitative estimate of drug-likeness (QED) is 0.460. The van der Waals surface area contributed by atoms with Gasteiger partial charge in [-0.25, -0.2) is 9.97 Å². The number of carbonyl (C=O) groups excluding carboxylic acids is 1. The van der Waals surface area contributed by atoms with Gasteiger partial charge in [-0.05, 0) is 49.6 Å². The van der Waals surface area contributed by atoms with Crippen LogP contribution in [0.3, 0.4) is 0 Å². The second-order valence-electron chi connectivity index (χ2n) is 7.47. The Bertz CT molecular complexity index is 1260. The van der Waals surface area contributed by atoms with Gasteiger partial charge < -0.3 is 15.0 Å². The minimum Gasteiger partial charge on any atom is -0.493 e. The molecule has 0 aliphatic heterocycles. The smallest absolute Gasteiger partial charge is 0.254 e. The maximum atomic E-state index is 13.2. The van der Waals surface area contributed by atoms with Crippen molar-refractivity contribution in [1.29, 1.82) is 0 Å². The van der Waals surface area contributed by atoms with E-state index in [1.807, 2.05) is 61.7 Å². The number of halogens is 1. The fourth-order valence-electron chi connectivity index (χ4n) is 3.79. The van der Waals surface area contributed by atoms with Crippen molar-refractivity contribution >= 4 is 28.5 Å². The van der Waals surface area contributed by atoms with Crippen LogP contribution in [0.1, 0.15) is 38.4 Å². The molecular weight excluding hydrogens is 414 g/mol. The number of aromatic hydroxyl groups is 1. The molecule has 3 heterocycles. The summed E-state index contributed by atoms with van der Waals surface area (Å²) < 4.78 is 1.96. The number of benzene rings is 1. The van der Waals surface area contributed by atoms with Crippen molar-refractivity contribution < 1.29 is 9.90 Å². The Morgan fingerprint density at radius 3 is 2.61 bits per heavy atom. The molecule has 7 nitrogen and oxygen atoms in total. The van der Waals surface area contributed by atoms with Gasteiger partial charge in [0.25, 0.3) is 5.91 Å². The van der Waals surface area contributed by atoms with Crippen LogP contribution >= 0.6 is 11.6 Å². The molecule has 0 spiro atoms. The normalized spacial score (nSPS) is 11.1. The molecule has 4 rings (SSSR count). The average Bonchev–Trinajstić information content (AvgIpc) is 2.99. The molecule has 0 unspecified atom stereocenters. The zero-order valence-electron chi connectivity index (χ0n) is 17.5. The number of hydrogen-bond acceptors (Lipinski definition) is 5. The monoisotopic (exact) mass is 435 g/mol. The van der Waals surface area contributed by atoms with Gasteiger partial charge in [0, 0.05) is 36.2 Å². The summed E-state index contributed by atoms with van der Waals surface area (Å²) in [6, 6.07) is 11.8. The highest BCUT2D eigenvalue weighted by Crippen LogP contribution is 2.27. The first kappa shape index (κ1) is 20.8. The van der Waals surface area contributed by atoms with Crippen molar-refractivity contribution in [2.24, 2.45) is 0 Å². The molecule has 158 valence electrons. The zero-order chi connectivity index (χ0) is 22.1. The number of nitrogens with zero attached hydrogens (tertiary/aromatic N) is 4. The van der Waals surface area contributed by atoms with Crippen molar-refractivity contribution in [3.63, 3.8) is 0 Å². The van der Waals surface area contributed by atoms with E-state index >= 15 is 0 Å². The third kappa shape index (κ3) is 4.09. The zero-order valence-corrected chi connectivity index (χ0v) is 18.2. The molecule has 3 aromatic heterocycles. The van der Waals surface area contributed by atoms with Crippen molar-refractivity contribution in [3.05, 3.63) is 81.5 Å². The number of aromatic nitrogens is 4. The van der Waals surface area contributed by atoms with Crippen LogP contribution in [0.4, 0.5) is 0 Å². The third-order valence-corrected chi connectivity index (χ3v) is 5.50. The van der Waals surface area contributed by atoms with Crippen LogP contribution in [0, 0.1) is 20.8 Å². The van der Waals surface area contributed by atoms with Gasteiger partial charge in [0.05, 0.1) is 10.9 Å². The van der Waals surface area contributed by atoms with Crippen LogP contribution in [0.25, 0.3) is 11.0 Å². The summed E-state index contributed by atoms with van der Waals surface area (Å²) in [5.41, 5.74) is 5.10. The summed E-state index contributed by atoms with van der Waals surface area (Å²) in [4.78, 5) is 25.7. The lowest BCUT2D eigenvalue weighted by atomic mass is 10.1. The van der Waals surface area contributed by atoms with Crippen LogP contribution in [0.2, 0.25) is 5.28 Å². The van der Waals surface area contributed by atoms with Gasteiger partial charge in [-0.3, -0.25) is 4.79 Å². The average molecular weight is 436 g/mol. The van der Waals surface area contributed by atoms with Gasteiger partial charge in [-0.1, -0.05) is 30.3 Å². The summed E-state index contributed by atoms with van der Waals surface area (Å²) in [6.45, 7) is 6.27.